The van der Waals surface area contributed by atoms with Crippen molar-refractivity contribution in [2.24, 2.45) is 11.3 Å². The lowest BCUT2D eigenvalue weighted by molar-refractivity contribution is -0.128. The summed E-state index contributed by atoms with van der Waals surface area (Å²) in [6.45, 7) is 6.80. The lowest BCUT2D eigenvalue weighted by atomic mass is 9.94. The molecule has 0 bridgehead atoms. The molecular weight excluding hydrogens is 224 g/mol. The van der Waals surface area contributed by atoms with Crippen molar-refractivity contribution in [2.45, 2.75) is 26.7 Å². The molecule has 1 rings (SSSR count). The van der Waals surface area contributed by atoms with Crippen LogP contribution in [0.1, 0.15) is 26.7 Å². The minimum absolute atomic E-state index is 0.0655. The average molecular weight is 247 g/mol. The number of hydrogen-bond acceptors (Lipinski definition) is 2. The lowest BCUT2D eigenvalue weighted by Crippen LogP contribution is -2.43. The predicted octanol–water partition coefficient (Wildman–Crippen LogP) is 1.71. The lowest BCUT2D eigenvalue weighted by Gasteiger charge is -2.30. The van der Waals surface area contributed by atoms with Crippen LogP contribution in [0.25, 0.3) is 0 Å². The van der Waals surface area contributed by atoms with Crippen LogP contribution in [0.4, 0.5) is 0 Å². The highest BCUT2D eigenvalue weighted by molar-refractivity contribution is 6.19. The van der Waals surface area contributed by atoms with Crippen LogP contribution in [0.15, 0.2) is 0 Å². The largest absolute Gasteiger partial charge is 0.355 e. The number of carbonyl (C=O) groups is 1. The number of alkyl halides is 1. The van der Waals surface area contributed by atoms with Crippen LogP contribution >= 0.6 is 11.6 Å². The number of piperidine rings is 1. The van der Waals surface area contributed by atoms with Gasteiger partial charge in [0.15, 0.2) is 0 Å². The van der Waals surface area contributed by atoms with E-state index in [4.69, 9.17) is 11.6 Å². The molecule has 1 atom stereocenters. The van der Waals surface area contributed by atoms with E-state index in [1.54, 1.807) is 0 Å². The van der Waals surface area contributed by atoms with Gasteiger partial charge in [-0.05, 0) is 46.2 Å². The number of carbonyl (C=O) groups excluding carboxylic acids is 1. The van der Waals surface area contributed by atoms with Gasteiger partial charge in [0, 0.05) is 19.0 Å². The number of nitrogens with one attached hydrogen (secondary N) is 1. The molecule has 1 saturated heterocycles. The second kappa shape index (κ2) is 5.87. The van der Waals surface area contributed by atoms with E-state index in [1.165, 1.54) is 19.4 Å². The Morgan fingerprint density at radius 2 is 2.25 bits per heavy atom. The number of hydrogen-bond donors (Lipinski definition) is 1. The molecule has 1 heterocycles. The van der Waals surface area contributed by atoms with E-state index < -0.39 is 5.41 Å². The van der Waals surface area contributed by atoms with Crippen molar-refractivity contribution in [3.63, 3.8) is 0 Å². The first kappa shape index (κ1) is 13.8. The van der Waals surface area contributed by atoms with Gasteiger partial charge in [-0.2, -0.15) is 0 Å². The van der Waals surface area contributed by atoms with Crippen LogP contribution in [0.3, 0.4) is 0 Å². The summed E-state index contributed by atoms with van der Waals surface area (Å²) in [6, 6.07) is 0. The van der Waals surface area contributed by atoms with Crippen molar-refractivity contribution in [3.8, 4) is 0 Å². The minimum Gasteiger partial charge on any atom is -0.355 e. The highest BCUT2D eigenvalue weighted by Crippen LogP contribution is 2.18. The third kappa shape index (κ3) is 3.95. The molecule has 16 heavy (non-hydrogen) atoms. The Kier molecular flexibility index (Phi) is 5.06. The number of nitrogens with zero attached hydrogens (tertiary/aromatic N) is 1. The summed E-state index contributed by atoms with van der Waals surface area (Å²) in [6.07, 6.45) is 2.45. The first-order valence-electron chi connectivity index (χ1n) is 5.98. The molecule has 0 aromatic rings. The van der Waals surface area contributed by atoms with Crippen molar-refractivity contribution in [3.05, 3.63) is 0 Å². The van der Waals surface area contributed by atoms with Gasteiger partial charge in [-0.1, -0.05) is 0 Å². The molecule has 0 aromatic heterocycles. The Hall–Kier alpha value is -0.280. The Balaban J connectivity index is 2.31. The molecule has 94 valence electrons. The van der Waals surface area contributed by atoms with E-state index in [0.717, 1.165) is 13.1 Å². The molecule has 0 radical (unpaired) electrons. The summed E-state index contributed by atoms with van der Waals surface area (Å²) in [7, 11) is 2.14. The highest BCUT2D eigenvalue weighted by atomic mass is 35.5. The fourth-order valence-corrected chi connectivity index (χ4v) is 2.10. The molecule has 1 unspecified atom stereocenters. The predicted molar refractivity (Wildman–Crippen MR) is 67.7 cm³/mol. The van der Waals surface area contributed by atoms with Gasteiger partial charge in [-0.3, -0.25) is 4.79 Å². The summed E-state index contributed by atoms with van der Waals surface area (Å²) in [5, 5.41) is 3.01. The van der Waals surface area contributed by atoms with Crippen molar-refractivity contribution >= 4 is 17.5 Å². The van der Waals surface area contributed by atoms with E-state index in [-0.39, 0.29) is 5.91 Å². The fraction of sp³-hybridized carbons (Fsp3) is 0.917. The quantitative estimate of drug-likeness (QED) is 0.766. The molecule has 1 fully saturated rings. The van der Waals surface area contributed by atoms with Crippen LogP contribution in [0.2, 0.25) is 0 Å². The van der Waals surface area contributed by atoms with Gasteiger partial charge in [0.2, 0.25) is 5.91 Å². The van der Waals surface area contributed by atoms with Crippen molar-refractivity contribution in [2.75, 3.05) is 32.6 Å². The summed E-state index contributed by atoms with van der Waals surface area (Å²) in [5.74, 6) is 1.02. The van der Waals surface area contributed by atoms with E-state index in [2.05, 4.69) is 17.3 Å². The van der Waals surface area contributed by atoms with Gasteiger partial charge >= 0.3 is 0 Å². The van der Waals surface area contributed by atoms with Gasteiger partial charge in [-0.25, -0.2) is 0 Å². The molecule has 0 spiro atoms. The number of likely N-dealkylation sites (tertiary alicyclic amines) is 1. The summed E-state index contributed by atoms with van der Waals surface area (Å²) in [4.78, 5) is 14.1. The third-order valence-electron chi connectivity index (χ3n) is 3.22. The van der Waals surface area contributed by atoms with E-state index in [1.807, 2.05) is 13.8 Å². The topological polar surface area (TPSA) is 32.3 Å². The average Bonchev–Trinajstić information content (AvgIpc) is 2.26. The van der Waals surface area contributed by atoms with Crippen LogP contribution in [0, 0.1) is 11.3 Å². The first-order chi connectivity index (χ1) is 7.45. The summed E-state index contributed by atoms with van der Waals surface area (Å²) < 4.78 is 0. The van der Waals surface area contributed by atoms with Gasteiger partial charge in [0.25, 0.3) is 0 Å². The third-order valence-corrected chi connectivity index (χ3v) is 3.89. The Labute approximate surface area is 104 Å². The molecule has 4 heteroatoms. The second-order valence-corrected chi connectivity index (χ2v) is 5.77. The smallest absolute Gasteiger partial charge is 0.226 e. The van der Waals surface area contributed by atoms with E-state index in [9.17, 15) is 4.79 Å². The molecule has 1 aliphatic rings. The zero-order valence-electron chi connectivity index (χ0n) is 10.6. The standard InChI is InChI=1S/C12H23ClN2O/c1-12(2,9-13)11(16)14-7-10-5-4-6-15(3)8-10/h10H,4-9H2,1-3H3,(H,14,16). The summed E-state index contributed by atoms with van der Waals surface area (Å²) in [5.41, 5.74) is -0.456. The molecule has 3 nitrogen and oxygen atoms in total. The second-order valence-electron chi connectivity index (χ2n) is 5.50. The molecule has 1 N–H and O–H groups in total. The number of amides is 1. The zero-order valence-corrected chi connectivity index (χ0v) is 11.3. The van der Waals surface area contributed by atoms with Crippen LogP contribution in [0.5, 0.6) is 0 Å². The normalized spacial score (nSPS) is 23.1. The van der Waals surface area contributed by atoms with Gasteiger partial charge in [0.05, 0.1) is 5.41 Å². The maximum Gasteiger partial charge on any atom is 0.226 e. The van der Waals surface area contributed by atoms with E-state index >= 15 is 0 Å². The number of rotatable bonds is 4. The van der Waals surface area contributed by atoms with Crippen molar-refractivity contribution in [1.29, 1.82) is 0 Å². The van der Waals surface area contributed by atoms with Crippen LogP contribution < -0.4 is 5.32 Å². The highest BCUT2D eigenvalue weighted by Gasteiger charge is 2.27. The zero-order chi connectivity index (χ0) is 12.2. The Morgan fingerprint density at radius 1 is 1.56 bits per heavy atom. The van der Waals surface area contributed by atoms with Gasteiger partial charge < -0.3 is 10.2 Å². The maximum absolute atomic E-state index is 11.8. The Bertz CT molecular complexity index is 243. The van der Waals surface area contributed by atoms with Crippen LogP contribution in [-0.2, 0) is 4.79 Å². The molecule has 0 saturated carbocycles. The molecule has 1 amide bonds. The monoisotopic (exact) mass is 246 g/mol. The van der Waals surface area contributed by atoms with Gasteiger partial charge in [0.1, 0.15) is 0 Å². The van der Waals surface area contributed by atoms with E-state index in [0.29, 0.717) is 11.8 Å². The van der Waals surface area contributed by atoms with Crippen molar-refractivity contribution < 1.29 is 4.79 Å². The van der Waals surface area contributed by atoms with Gasteiger partial charge in [-0.15, -0.1) is 11.6 Å². The SMILES string of the molecule is CN1CCCC(CNC(=O)C(C)(C)CCl)C1. The summed E-state index contributed by atoms with van der Waals surface area (Å²) >= 11 is 5.76. The van der Waals surface area contributed by atoms with Crippen molar-refractivity contribution in [1.82, 2.24) is 10.2 Å². The number of halogens is 1. The molecule has 0 aromatic carbocycles. The maximum atomic E-state index is 11.8. The minimum atomic E-state index is -0.456. The Morgan fingerprint density at radius 3 is 2.81 bits per heavy atom. The van der Waals surface area contributed by atoms with Crippen LogP contribution in [-0.4, -0.2) is 43.4 Å². The molecule has 0 aliphatic carbocycles. The first-order valence-corrected chi connectivity index (χ1v) is 6.52. The molecule has 1 aliphatic heterocycles. The molecular formula is C12H23ClN2O. The fourth-order valence-electron chi connectivity index (χ4n) is 1.98.